The summed E-state index contributed by atoms with van der Waals surface area (Å²) in [6, 6.07) is 8.19. The smallest absolute Gasteiger partial charge is 0.0728 e. The second kappa shape index (κ2) is 5.55. The second-order valence-corrected chi connectivity index (χ2v) is 7.33. The highest BCUT2D eigenvalue weighted by atomic mass is 79.9. The van der Waals surface area contributed by atoms with E-state index in [0.29, 0.717) is 18.9 Å². The first-order valence-electron chi connectivity index (χ1n) is 7.05. The van der Waals surface area contributed by atoms with Crippen LogP contribution in [-0.4, -0.2) is 17.3 Å². The minimum Gasteiger partial charge on any atom is -0.389 e. The van der Waals surface area contributed by atoms with Crippen molar-refractivity contribution in [3.63, 3.8) is 0 Å². The average Bonchev–Trinajstić information content (AvgIpc) is 2.75. The molecule has 0 spiro atoms. The fourth-order valence-corrected chi connectivity index (χ4v) is 3.74. The SMILES string of the molecule is CC1CCC(CN)(C(C)(O)Cc2ccc(Br)cc2)C1. The molecule has 0 aliphatic heterocycles. The summed E-state index contributed by atoms with van der Waals surface area (Å²) >= 11 is 3.44. The van der Waals surface area contributed by atoms with Crippen LogP contribution in [0.4, 0.5) is 0 Å². The van der Waals surface area contributed by atoms with Gasteiger partial charge in [0, 0.05) is 22.9 Å². The van der Waals surface area contributed by atoms with Gasteiger partial charge >= 0.3 is 0 Å². The average molecular weight is 326 g/mol. The molecule has 106 valence electrons. The molecule has 0 radical (unpaired) electrons. The molecule has 19 heavy (non-hydrogen) atoms. The van der Waals surface area contributed by atoms with Gasteiger partial charge in [-0.3, -0.25) is 0 Å². The maximum Gasteiger partial charge on any atom is 0.0728 e. The van der Waals surface area contributed by atoms with Crippen LogP contribution < -0.4 is 5.73 Å². The lowest BCUT2D eigenvalue weighted by atomic mass is 9.68. The molecular weight excluding hydrogens is 302 g/mol. The number of rotatable bonds is 4. The molecule has 0 bridgehead atoms. The molecule has 3 heteroatoms. The van der Waals surface area contributed by atoms with Crippen LogP contribution in [0.1, 0.15) is 38.7 Å². The maximum absolute atomic E-state index is 11.0. The van der Waals surface area contributed by atoms with E-state index in [0.717, 1.165) is 17.3 Å². The molecule has 0 heterocycles. The van der Waals surface area contributed by atoms with Gasteiger partial charge in [-0.2, -0.15) is 0 Å². The highest BCUT2D eigenvalue weighted by Gasteiger charge is 2.49. The van der Waals surface area contributed by atoms with E-state index in [1.807, 2.05) is 19.1 Å². The third-order valence-corrected chi connectivity index (χ3v) is 5.38. The van der Waals surface area contributed by atoms with E-state index in [1.165, 1.54) is 12.0 Å². The van der Waals surface area contributed by atoms with Crippen molar-refractivity contribution in [1.29, 1.82) is 0 Å². The minimum atomic E-state index is -0.736. The van der Waals surface area contributed by atoms with Crippen LogP contribution >= 0.6 is 15.9 Å². The summed E-state index contributed by atoms with van der Waals surface area (Å²) in [6.45, 7) is 4.79. The van der Waals surface area contributed by atoms with E-state index in [4.69, 9.17) is 5.73 Å². The molecule has 2 nitrogen and oxygen atoms in total. The Balaban J connectivity index is 2.18. The van der Waals surface area contributed by atoms with E-state index in [9.17, 15) is 5.11 Å². The summed E-state index contributed by atoms with van der Waals surface area (Å²) in [6.07, 6.45) is 3.92. The summed E-state index contributed by atoms with van der Waals surface area (Å²) in [5.41, 5.74) is 6.33. The van der Waals surface area contributed by atoms with Gasteiger partial charge in [0.1, 0.15) is 0 Å². The van der Waals surface area contributed by atoms with Gasteiger partial charge in [0.2, 0.25) is 0 Å². The van der Waals surface area contributed by atoms with Crippen molar-refractivity contribution in [2.24, 2.45) is 17.1 Å². The summed E-state index contributed by atoms with van der Waals surface area (Å²) < 4.78 is 1.07. The molecule has 2 rings (SSSR count). The van der Waals surface area contributed by atoms with Crippen molar-refractivity contribution in [1.82, 2.24) is 0 Å². The van der Waals surface area contributed by atoms with Crippen LogP contribution in [0.25, 0.3) is 0 Å². The first-order valence-corrected chi connectivity index (χ1v) is 7.85. The van der Waals surface area contributed by atoms with Gasteiger partial charge in [-0.05, 0) is 43.4 Å². The third kappa shape index (κ3) is 3.04. The van der Waals surface area contributed by atoms with Gasteiger partial charge in [-0.1, -0.05) is 41.4 Å². The molecule has 1 saturated carbocycles. The van der Waals surface area contributed by atoms with E-state index < -0.39 is 5.60 Å². The standard InChI is InChI=1S/C16H24BrNO/c1-12-7-8-16(9-12,11-18)15(2,19)10-13-3-5-14(17)6-4-13/h3-6,12,19H,7-11,18H2,1-2H3. The molecule has 3 atom stereocenters. The van der Waals surface area contributed by atoms with Crippen LogP contribution in [0, 0.1) is 11.3 Å². The van der Waals surface area contributed by atoms with E-state index >= 15 is 0 Å². The Labute approximate surface area is 124 Å². The third-order valence-electron chi connectivity index (χ3n) is 4.85. The van der Waals surface area contributed by atoms with Crippen molar-refractivity contribution < 1.29 is 5.11 Å². The van der Waals surface area contributed by atoms with Crippen molar-refractivity contribution >= 4 is 15.9 Å². The fraction of sp³-hybridized carbons (Fsp3) is 0.625. The lowest BCUT2D eigenvalue weighted by Crippen LogP contribution is -2.50. The molecule has 3 N–H and O–H groups in total. The first-order chi connectivity index (χ1) is 8.88. The number of hydrogen-bond acceptors (Lipinski definition) is 2. The zero-order chi connectivity index (χ0) is 14.1. The lowest BCUT2D eigenvalue weighted by Gasteiger charge is -2.42. The molecule has 0 aromatic heterocycles. The van der Waals surface area contributed by atoms with Crippen LogP contribution in [0.15, 0.2) is 28.7 Å². The van der Waals surface area contributed by atoms with Gasteiger partial charge in [-0.15, -0.1) is 0 Å². The highest BCUT2D eigenvalue weighted by molar-refractivity contribution is 9.10. The Hall–Kier alpha value is -0.380. The van der Waals surface area contributed by atoms with Gasteiger partial charge in [0.25, 0.3) is 0 Å². The van der Waals surface area contributed by atoms with Crippen LogP contribution in [0.2, 0.25) is 0 Å². The predicted molar refractivity (Wildman–Crippen MR) is 83.0 cm³/mol. The molecule has 1 aliphatic carbocycles. The maximum atomic E-state index is 11.0. The number of nitrogens with two attached hydrogens (primary N) is 1. The quantitative estimate of drug-likeness (QED) is 0.889. The Morgan fingerprint density at radius 2 is 2.05 bits per heavy atom. The van der Waals surface area contributed by atoms with E-state index in [-0.39, 0.29) is 5.41 Å². The zero-order valence-corrected chi connectivity index (χ0v) is 13.4. The van der Waals surface area contributed by atoms with Gasteiger partial charge in [-0.25, -0.2) is 0 Å². The number of benzene rings is 1. The van der Waals surface area contributed by atoms with Crippen molar-refractivity contribution in [2.45, 2.75) is 45.1 Å². The van der Waals surface area contributed by atoms with Gasteiger partial charge < -0.3 is 10.8 Å². The van der Waals surface area contributed by atoms with Gasteiger partial charge in [0.15, 0.2) is 0 Å². The first kappa shape index (κ1) is 15.0. The molecule has 0 amide bonds. The second-order valence-electron chi connectivity index (χ2n) is 6.41. The molecule has 1 aromatic rings. The van der Waals surface area contributed by atoms with Crippen molar-refractivity contribution in [3.8, 4) is 0 Å². The van der Waals surface area contributed by atoms with E-state index in [1.54, 1.807) is 0 Å². The van der Waals surface area contributed by atoms with Crippen LogP contribution in [0.5, 0.6) is 0 Å². The summed E-state index contributed by atoms with van der Waals surface area (Å²) in [5, 5.41) is 11.0. The minimum absolute atomic E-state index is 0.126. The normalized spacial score (nSPS) is 30.3. The Morgan fingerprint density at radius 3 is 2.53 bits per heavy atom. The fourth-order valence-electron chi connectivity index (χ4n) is 3.48. The number of halogens is 1. The molecule has 1 fully saturated rings. The molecule has 3 unspecified atom stereocenters. The van der Waals surface area contributed by atoms with E-state index in [2.05, 4.69) is 35.0 Å². The van der Waals surface area contributed by atoms with Crippen molar-refractivity contribution in [3.05, 3.63) is 34.3 Å². The molecule has 1 aliphatic rings. The molecule has 0 saturated heterocycles. The van der Waals surface area contributed by atoms with Crippen LogP contribution in [0.3, 0.4) is 0 Å². The van der Waals surface area contributed by atoms with Crippen molar-refractivity contribution in [2.75, 3.05) is 6.54 Å². The Bertz CT molecular complexity index is 429. The topological polar surface area (TPSA) is 46.2 Å². The number of hydrogen-bond donors (Lipinski definition) is 2. The Morgan fingerprint density at radius 1 is 1.42 bits per heavy atom. The monoisotopic (exact) mass is 325 g/mol. The molecular formula is C16H24BrNO. The number of aliphatic hydroxyl groups is 1. The summed E-state index contributed by atoms with van der Waals surface area (Å²) in [4.78, 5) is 0. The summed E-state index contributed by atoms with van der Waals surface area (Å²) in [7, 11) is 0. The largest absolute Gasteiger partial charge is 0.389 e. The Kier molecular flexibility index (Phi) is 4.38. The zero-order valence-electron chi connectivity index (χ0n) is 11.8. The van der Waals surface area contributed by atoms with Gasteiger partial charge in [0.05, 0.1) is 5.60 Å². The lowest BCUT2D eigenvalue weighted by molar-refractivity contribution is -0.0642. The predicted octanol–water partition coefficient (Wildman–Crippen LogP) is 3.51. The highest BCUT2D eigenvalue weighted by Crippen LogP contribution is 2.49. The summed E-state index contributed by atoms with van der Waals surface area (Å²) in [5.74, 6) is 0.667. The molecule has 1 aromatic carbocycles. The van der Waals surface area contributed by atoms with Crippen LogP contribution in [-0.2, 0) is 6.42 Å².